The number of hydrogen-bond acceptors (Lipinski definition) is 4. The SMILES string of the molecule is Cc1cccc(C(=O)N(C)Cc2cccc([N+](=O)[O-])c2)n1. The van der Waals surface area contributed by atoms with Crippen LogP contribution in [0.25, 0.3) is 0 Å². The maximum absolute atomic E-state index is 12.2. The van der Waals surface area contributed by atoms with Crippen LogP contribution in [0.3, 0.4) is 0 Å². The number of aromatic nitrogens is 1. The lowest BCUT2D eigenvalue weighted by molar-refractivity contribution is -0.384. The Labute approximate surface area is 122 Å². The van der Waals surface area contributed by atoms with Crippen molar-refractivity contribution in [1.82, 2.24) is 9.88 Å². The van der Waals surface area contributed by atoms with Crippen LogP contribution in [-0.4, -0.2) is 27.8 Å². The molecule has 1 amide bonds. The van der Waals surface area contributed by atoms with Gasteiger partial charge in [0, 0.05) is 31.4 Å². The first-order valence-electron chi connectivity index (χ1n) is 6.40. The summed E-state index contributed by atoms with van der Waals surface area (Å²) in [5.74, 6) is -0.217. The summed E-state index contributed by atoms with van der Waals surface area (Å²) in [6.07, 6.45) is 0. The van der Waals surface area contributed by atoms with Crippen LogP contribution in [0, 0.1) is 17.0 Å². The van der Waals surface area contributed by atoms with Gasteiger partial charge in [-0.2, -0.15) is 0 Å². The van der Waals surface area contributed by atoms with Crippen LogP contribution in [0.1, 0.15) is 21.7 Å². The molecule has 108 valence electrons. The Morgan fingerprint density at radius 2 is 2.00 bits per heavy atom. The third-order valence-electron chi connectivity index (χ3n) is 3.00. The molecule has 2 aromatic rings. The van der Waals surface area contributed by atoms with Crippen molar-refractivity contribution in [2.24, 2.45) is 0 Å². The topological polar surface area (TPSA) is 76.3 Å². The monoisotopic (exact) mass is 285 g/mol. The molecule has 0 saturated heterocycles. The zero-order chi connectivity index (χ0) is 15.4. The molecule has 0 aliphatic heterocycles. The molecule has 0 saturated carbocycles. The van der Waals surface area contributed by atoms with Crippen molar-refractivity contribution in [2.45, 2.75) is 13.5 Å². The third-order valence-corrected chi connectivity index (χ3v) is 3.00. The normalized spacial score (nSPS) is 10.2. The van der Waals surface area contributed by atoms with Crippen LogP contribution < -0.4 is 0 Å². The molecule has 0 fully saturated rings. The summed E-state index contributed by atoms with van der Waals surface area (Å²) in [5, 5.41) is 10.7. The average Bonchev–Trinajstić information content (AvgIpc) is 2.46. The van der Waals surface area contributed by atoms with E-state index in [1.807, 2.05) is 13.0 Å². The molecule has 1 aromatic carbocycles. The Bertz CT molecular complexity index is 685. The third kappa shape index (κ3) is 3.62. The van der Waals surface area contributed by atoms with Crippen LogP contribution in [0.5, 0.6) is 0 Å². The molecule has 0 bridgehead atoms. The van der Waals surface area contributed by atoms with Crippen molar-refractivity contribution >= 4 is 11.6 Å². The zero-order valence-corrected chi connectivity index (χ0v) is 11.8. The van der Waals surface area contributed by atoms with E-state index in [0.29, 0.717) is 11.3 Å². The minimum absolute atomic E-state index is 0.0158. The molecule has 1 aromatic heterocycles. The van der Waals surface area contributed by atoms with E-state index in [0.717, 1.165) is 5.69 Å². The summed E-state index contributed by atoms with van der Waals surface area (Å²) in [6, 6.07) is 11.5. The van der Waals surface area contributed by atoms with Gasteiger partial charge in [0.1, 0.15) is 5.69 Å². The highest BCUT2D eigenvalue weighted by Crippen LogP contribution is 2.15. The van der Waals surface area contributed by atoms with Gasteiger partial charge in [-0.3, -0.25) is 14.9 Å². The number of rotatable bonds is 4. The van der Waals surface area contributed by atoms with E-state index in [1.54, 1.807) is 31.3 Å². The van der Waals surface area contributed by atoms with E-state index in [2.05, 4.69) is 4.98 Å². The summed E-state index contributed by atoms with van der Waals surface area (Å²) < 4.78 is 0. The number of carbonyl (C=O) groups is 1. The minimum Gasteiger partial charge on any atom is -0.336 e. The largest absolute Gasteiger partial charge is 0.336 e. The predicted molar refractivity (Wildman–Crippen MR) is 77.9 cm³/mol. The van der Waals surface area contributed by atoms with E-state index in [9.17, 15) is 14.9 Å². The standard InChI is InChI=1S/C15H15N3O3/c1-11-5-3-8-14(16-11)15(19)17(2)10-12-6-4-7-13(9-12)18(20)21/h3-9H,10H2,1-2H3. The fourth-order valence-electron chi connectivity index (χ4n) is 1.97. The molecule has 0 N–H and O–H groups in total. The minimum atomic E-state index is -0.451. The number of nitro benzene ring substituents is 1. The van der Waals surface area contributed by atoms with E-state index in [4.69, 9.17) is 0 Å². The van der Waals surface area contributed by atoms with Crippen molar-refractivity contribution in [2.75, 3.05) is 7.05 Å². The van der Waals surface area contributed by atoms with Crippen molar-refractivity contribution in [3.05, 3.63) is 69.5 Å². The smallest absolute Gasteiger partial charge is 0.272 e. The van der Waals surface area contributed by atoms with Crippen LogP contribution in [-0.2, 0) is 6.54 Å². The molecule has 21 heavy (non-hydrogen) atoms. The van der Waals surface area contributed by atoms with Crippen molar-refractivity contribution < 1.29 is 9.72 Å². The van der Waals surface area contributed by atoms with Gasteiger partial charge in [0.15, 0.2) is 0 Å². The number of nitro groups is 1. The number of amides is 1. The van der Waals surface area contributed by atoms with E-state index in [-0.39, 0.29) is 18.1 Å². The lowest BCUT2D eigenvalue weighted by atomic mass is 10.2. The number of aryl methyl sites for hydroxylation is 1. The molecule has 0 atom stereocenters. The van der Waals surface area contributed by atoms with Gasteiger partial charge in [-0.05, 0) is 24.6 Å². The summed E-state index contributed by atoms with van der Waals surface area (Å²) in [5.41, 5.74) is 1.85. The van der Waals surface area contributed by atoms with Gasteiger partial charge in [0.05, 0.1) is 4.92 Å². The molecule has 6 heteroatoms. The summed E-state index contributed by atoms with van der Waals surface area (Å²) >= 11 is 0. The van der Waals surface area contributed by atoms with E-state index < -0.39 is 4.92 Å². The first-order chi connectivity index (χ1) is 9.97. The number of nitrogens with zero attached hydrogens (tertiary/aromatic N) is 3. The van der Waals surface area contributed by atoms with Crippen LogP contribution in [0.15, 0.2) is 42.5 Å². The van der Waals surface area contributed by atoms with Gasteiger partial charge in [-0.15, -0.1) is 0 Å². The molecule has 0 aliphatic carbocycles. The van der Waals surface area contributed by atoms with Crippen LogP contribution in [0.2, 0.25) is 0 Å². The fourth-order valence-corrected chi connectivity index (χ4v) is 1.97. The molecular weight excluding hydrogens is 270 g/mol. The second kappa shape index (κ2) is 6.13. The van der Waals surface area contributed by atoms with Gasteiger partial charge in [-0.1, -0.05) is 18.2 Å². The molecule has 2 rings (SSSR count). The maximum Gasteiger partial charge on any atom is 0.272 e. The average molecular weight is 285 g/mol. The van der Waals surface area contributed by atoms with Crippen molar-refractivity contribution in [1.29, 1.82) is 0 Å². The van der Waals surface area contributed by atoms with Gasteiger partial charge >= 0.3 is 0 Å². The highest BCUT2D eigenvalue weighted by atomic mass is 16.6. The molecule has 6 nitrogen and oxygen atoms in total. The van der Waals surface area contributed by atoms with E-state index >= 15 is 0 Å². The molecule has 1 heterocycles. The Hall–Kier alpha value is -2.76. The van der Waals surface area contributed by atoms with Crippen LogP contribution in [0.4, 0.5) is 5.69 Å². The Kier molecular flexibility index (Phi) is 4.27. The fraction of sp³-hybridized carbons (Fsp3) is 0.200. The van der Waals surface area contributed by atoms with Crippen LogP contribution >= 0.6 is 0 Å². The first kappa shape index (κ1) is 14.6. The molecular formula is C15H15N3O3. The van der Waals surface area contributed by atoms with Gasteiger partial charge in [-0.25, -0.2) is 4.98 Å². The maximum atomic E-state index is 12.2. The summed E-state index contributed by atoms with van der Waals surface area (Å²) in [4.78, 5) is 28.2. The Balaban J connectivity index is 2.14. The summed E-state index contributed by atoms with van der Waals surface area (Å²) in [6.45, 7) is 2.10. The Morgan fingerprint density at radius 3 is 2.67 bits per heavy atom. The van der Waals surface area contributed by atoms with Crippen molar-refractivity contribution in [3.63, 3.8) is 0 Å². The lowest BCUT2D eigenvalue weighted by Gasteiger charge is -2.16. The second-order valence-electron chi connectivity index (χ2n) is 4.75. The quantitative estimate of drug-likeness (QED) is 0.639. The highest BCUT2D eigenvalue weighted by Gasteiger charge is 2.14. The molecule has 0 unspecified atom stereocenters. The van der Waals surface area contributed by atoms with Gasteiger partial charge in [0.2, 0.25) is 0 Å². The molecule has 0 radical (unpaired) electrons. The number of pyridine rings is 1. The summed E-state index contributed by atoms with van der Waals surface area (Å²) in [7, 11) is 1.64. The number of non-ortho nitro benzene ring substituents is 1. The molecule has 0 spiro atoms. The zero-order valence-electron chi connectivity index (χ0n) is 11.8. The predicted octanol–water partition coefficient (Wildman–Crippen LogP) is 2.57. The highest BCUT2D eigenvalue weighted by molar-refractivity contribution is 5.92. The van der Waals surface area contributed by atoms with Gasteiger partial charge in [0.25, 0.3) is 11.6 Å². The second-order valence-corrected chi connectivity index (χ2v) is 4.75. The van der Waals surface area contributed by atoms with E-state index in [1.165, 1.54) is 17.0 Å². The van der Waals surface area contributed by atoms with Gasteiger partial charge < -0.3 is 4.90 Å². The number of carbonyl (C=O) groups excluding carboxylic acids is 1. The number of hydrogen-bond donors (Lipinski definition) is 0. The molecule has 0 aliphatic rings. The number of benzene rings is 1. The Morgan fingerprint density at radius 1 is 1.29 bits per heavy atom. The first-order valence-corrected chi connectivity index (χ1v) is 6.40. The lowest BCUT2D eigenvalue weighted by Crippen LogP contribution is -2.27. The van der Waals surface area contributed by atoms with Crippen molar-refractivity contribution in [3.8, 4) is 0 Å².